The summed E-state index contributed by atoms with van der Waals surface area (Å²) in [6, 6.07) is 16.1. The molecule has 12 heteroatoms. The van der Waals surface area contributed by atoms with Crippen molar-refractivity contribution < 1.29 is 31.1 Å². The Morgan fingerprint density at radius 3 is 2.26 bits per heavy atom. The van der Waals surface area contributed by atoms with Gasteiger partial charge < -0.3 is 14.5 Å². The smallest absolute Gasteiger partial charge is 0.417 e. The molecule has 4 rings (SSSR count). The first kappa shape index (κ1) is 28.6. The lowest BCUT2D eigenvalue weighted by Gasteiger charge is -2.37. The fourth-order valence-corrected chi connectivity index (χ4v) is 5.98. The van der Waals surface area contributed by atoms with Crippen LogP contribution in [0, 0.1) is 6.92 Å². The summed E-state index contributed by atoms with van der Waals surface area (Å²) in [5, 5.41) is -0.572. The number of nitrogens with zero attached hydrogens (tertiary/aromatic N) is 3. The summed E-state index contributed by atoms with van der Waals surface area (Å²) in [7, 11) is -2.82. The van der Waals surface area contributed by atoms with Crippen LogP contribution >= 0.6 is 11.6 Å². The topological polar surface area (TPSA) is 70.2 Å². The predicted octanol–water partition coefficient (Wildman–Crippen LogP) is 5.22. The zero-order valence-electron chi connectivity index (χ0n) is 21.3. The molecule has 1 fully saturated rings. The maximum absolute atomic E-state index is 13.6. The van der Waals surface area contributed by atoms with Gasteiger partial charge in [-0.05, 0) is 49.4 Å². The first-order valence-electron chi connectivity index (χ1n) is 12.0. The van der Waals surface area contributed by atoms with Crippen LogP contribution in [0.15, 0.2) is 71.6 Å². The van der Waals surface area contributed by atoms with E-state index < -0.39 is 39.2 Å². The van der Waals surface area contributed by atoms with Gasteiger partial charge in [-0.2, -0.15) is 13.2 Å². The number of methoxy groups -OCH3 is 1. The average molecular weight is 582 g/mol. The fourth-order valence-electron chi connectivity index (χ4n) is 4.35. The lowest BCUT2D eigenvalue weighted by molar-refractivity contribution is -0.137. The number of sulfonamides is 1. The summed E-state index contributed by atoms with van der Waals surface area (Å²) in [5.74, 6) is 0.157. The highest BCUT2D eigenvalue weighted by atomic mass is 35.5. The van der Waals surface area contributed by atoms with Crippen LogP contribution in [0.5, 0.6) is 5.75 Å². The third-order valence-electron chi connectivity index (χ3n) is 6.49. The van der Waals surface area contributed by atoms with Gasteiger partial charge in [0.15, 0.2) is 0 Å². The number of aryl methyl sites for hydroxylation is 1. The lowest BCUT2D eigenvalue weighted by Crippen LogP contribution is -2.52. The molecule has 0 radical (unpaired) electrons. The number of amides is 1. The Hall–Kier alpha value is -3.44. The van der Waals surface area contributed by atoms with E-state index in [1.807, 2.05) is 24.3 Å². The summed E-state index contributed by atoms with van der Waals surface area (Å²) < 4.78 is 74.2. The monoisotopic (exact) mass is 581 g/mol. The Kier molecular flexibility index (Phi) is 8.31. The molecule has 7 nitrogen and oxygen atoms in total. The maximum atomic E-state index is 13.6. The minimum Gasteiger partial charge on any atom is -0.495 e. The van der Waals surface area contributed by atoms with Crippen molar-refractivity contribution in [2.45, 2.75) is 18.0 Å². The molecular formula is C27H27ClF3N3O4S. The average Bonchev–Trinajstić information content (AvgIpc) is 2.91. The molecule has 0 aliphatic carbocycles. The summed E-state index contributed by atoms with van der Waals surface area (Å²) in [4.78, 5) is 16.8. The Labute approximate surface area is 230 Å². The van der Waals surface area contributed by atoms with Crippen molar-refractivity contribution in [2.75, 3.05) is 49.0 Å². The Morgan fingerprint density at radius 1 is 1.00 bits per heavy atom. The van der Waals surface area contributed by atoms with Gasteiger partial charge in [0.05, 0.1) is 34.0 Å². The van der Waals surface area contributed by atoms with E-state index in [-0.39, 0.29) is 10.6 Å². The first-order chi connectivity index (χ1) is 18.4. The van der Waals surface area contributed by atoms with Crippen molar-refractivity contribution in [2.24, 2.45) is 0 Å². The molecule has 0 saturated carbocycles. The molecular weight excluding hydrogens is 555 g/mol. The SMILES string of the molecule is COc1ccccc1N1CCN(C(=O)CN(c2ccc(Cl)c(C(F)(F)F)c2)S(=O)(=O)c2ccc(C)cc2)CC1. The van der Waals surface area contributed by atoms with Crippen molar-refractivity contribution in [3.05, 3.63) is 82.9 Å². The second kappa shape index (κ2) is 11.4. The van der Waals surface area contributed by atoms with Gasteiger partial charge in [0.25, 0.3) is 10.0 Å². The molecule has 0 bridgehead atoms. The highest BCUT2D eigenvalue weighted by molar-refractivity contribution is 7.92. The minimum atomic E-state index is -4.81. The van der Waals surface area contributed by atoms with Gasteiger partial charge >= 0.3 is 6.18 Å². The van der Waals surface area contributed by atoms with E-state index in [0.29, 0.717) is 42.3 Å². The lowest BCUT2D eigenvalue weighted by atomic mass is 10.2. The van der Waals surface area contributed by atoms with Gasteiger partial charge in [-0.25, -0.2) is 8.42 Å². The number of carbonyl (C=O) groups is 1. The molecule has 0 aromatic heterocycles. The zero-order chi connectivity index (χ0) is 28.4. The van der Waals surface area contributed by atoms with Gasteiger partial charge in [-0.3, -0.25) is 9.10 Å². The molecule has 39 heavy (non-hydrogen) atoms. The highest BCUT2D eigenvalue weighted by Crippen LogP contribution is 2.38. The Balaban J connectivity index is 1.61. The molecule has 1 aliphatic rings. The number of hydrogen-bond donors (Lipinski definition) is 0. The van der Waals surface area contributed by atoms with Crippen LogP contribution < -0.4 is 13.9 Å². The molecule has 1 heterocycles. The predicted molar refractivity (Wildman–Crippen MR) is 144 cm³/mol. The van der Waals surface area contributed by atoms with Crippen LogP contribution in [0.4, 0.5) is 24.5 Å². The number of alkyl halides is 3. The molecule has 0 spiro atoms. The largest absolute Gasteiger partial charge is 0.495 e. The molecule has 0 unspecified atom stereocenters. The highest BCUT2D eigenvalue weighted by Gasteiger charge is 2.36. The number of para-hydroxylation sites is 2. The van der Waals surface area contributed by atoms with Gasteiger partial charge in [-0.15, -0.1) is 0 Å². The summed E-state index contributed by atoms with van der Waals surface area (Å²) in [6.07, 6.45) is -4.81. The second-order valence-corrected chi connectivity index (χ2v) is 11.3. The van der Waals surface area contributed by atoms with E-state index >= 15 is 0 Å². The van der Waals surface area contributed by atoms with Crippen molar-refractivity contribution in [3.8, 4) is 5.75 Å². The first-order valence-corrected chi connectivity index (χ1v) is 13.9. The number of anilines is 2. The minimum absolute atomic E-state index is 0.148. The molecule has 3 aromatic carbocycles. The number of rotatable bonds is 7. The van der Waals surface area contributed by atoms with Crippen molar-refractivity contribution in [1.82, 2.24) is 4.90 Å². The number of hydrogen-bond acceptors (Lipinski definition) is 5. The van der Waals surface area contributed by atoms with E-state index in [0.717, 1.165) is 23.4 Å². The number of carbonyl (C=O) groups excluding carboxylic acids is 1. The Bertz CT molecular complexity index is 1440. The molecule has 1 saturated heterocycles. The fraction of sp³-hybridized carbons (Fsp3) is 0.296. The number of ether oxygens (including phenoxy) is 1. The molecule has 3 aromatic rings. The summed E-state index contributed by atoms with van der Waals surface area (Å²) >= 11 is 5.77. The van der Waals surface area contributed by atoms with Crippen molar-refractivity contribution in [1.29, 1.82) is 0 Å². The molecule has 0 atom stereocenters. The van der Waals surface area contributed by atoms with Gasteiger partial charge in [0, 0.05) is 26.2 Å². The van der Waals surface area contributed by atoms with Gasteiger partial charge in [0.1, 0.15) is 12.3 Å². The summed E-state index contributed by atoms with van der Waals surface area (Å²) in [6.45, 7) is 2.63. The summed E-state index contributed by atoms with van der Waals surface area (Å²) in [5.41, 5.74) is 0.170. The Morgan fingerprint density at radius 2 is 1.64 bits per heavy atom. The normalized spacial score (nSPS) is 14.3. The van der Waals surface area contributed by atoms with E-state index in [9.17, 15) is 26.4 Å². The van der Waals surface area contributed by atoms with E-state index in [1.54, 1.807) is 26.2 Å². The maximum Gasteiger partial charge on any atom is 0.417 e. The van der Waals surface area contributed by atoms with E-state index in [2.05, 4.69) is 4.90 Å². The van der Waals surface area contributed by atoms with Crippen LogP contribution in [-0.2, 0) is 21.0 Å². The third kappa shape index (κ3) is 6.25. The molecule has 1 amide bonds. The molecule has 1 aliphatic heterocycles. The van der Waals surface area contributed by atoms with E-state index in [4.69, 9.17) is 16.3 Å². The number of benzene rings is 3. The van der Waals surface area contributed by atoms with Crippen LogP contribution in [0.25, 0.3) is 0 Å². The van der Waals surface area contributed by atoms with Crippen LogP contribution in [0.2, 0.25) is 5.02 Å². The zero-order valence-corrected chi connectivity index (χ0v) is 22.9. The van der Waals surface area contributed by atoms with Crippen LogP contribution in [0.1, 0.15) is 11.1 Å². The molecule has 208 valence electrons. The third-order valence-corrected chi connectivity index (χ3v) is 8.61. The van der Waals surface area contributed by atoms with Crippen LogP contribution in [0.3, 0.4) is 0 Å². The van der Waals surface area contributed by atoms with E-state index in [1.165, 1.54) is 17.0 Å². The molecule has 0 N–H and O–H groups in total. The van der Waals surface area contributed by atoms with Crippen molar-refractivity contribution in [3.63, 3.8) is 0 Å². The van der Waals surface area contributed by atoms with Gasteiger partial charge in [0.2, 0.25) is 5.91 Å². The quantitative estimate of drug-likeness (QED) is 0.383. The van der Waals surface area contributed by atoms with Crippen molar-refractivity contribution >= 4 is 38.9 Å². The standard InChI is InChI=1S/C27H27ClF3N3O4S/c1-19-7-10-21(11-8-19)39(36,37)34(20-9-12-23(28)22(17-20)27(29,30)31)18-26(35)33-15-13-32(14-16-33)24-5-3-4-6-25(24)38-2/h3-12,17H,13-16,18H2,1-2H3. The van der Waals surface area contributed by atoms with Gasteiger partial charge in [-0.1, -0.05) is 41.4 Å². The number of piperazine rings is 1. The second-order valence-electron chi connectivity index (χ2n) is 9.03. The van der Waals surface area contributed by atoms with Crippen LogP contribution in [-0.4, -0.2) is 59.1 Å². The number of halogens is 4.